The van der Waals surface area contributed by atoms with Crippen LogP contribution in [0.5, 0.6) is 5.75 Å². The summed E-state index contributed by atoms with van der Waals surface area (Å²) in [6.45, 7) is 4.95. The minimum absolute atomic E-state index is 0.0000528. The number of likely N-dealkylation sites (tertiary alicyclic amines) is 1. The highest BCUT2D eigenvalue weighted by molar-refractivity contribution is 6.30. The summed E-state index contributed by atoms with van der Waals surface area (Å²) in [7, 11) is 0. The zero-order valence-corrected chi connectivity index (χ0v) is 10.9. The molecule has 96 valence electrons. The zero-order valence-electron chi connectivity index (χ0n) is 10.1. The molecule has 3 nitrogen and oxygen atoms in total. The Bertz CT molecular complexity index is 422. The largest absolute Gasteiger partial charge is 0.490 e. The van der Waals surface area contributed by atoms with Crippen molar-refractivity contribution < 1.29 is 9.53 Å². The first-order valence-electron chi connectivity index (χ1n) is 6.02. The Labute approximate surface area is 112 Å². The van der Waals surface area contributed by atoms with Gasteiger partial charge in [0.15, 0.2) is 0 Å². The number of halogens is 1. The summed E-state index contributed by atoms with van der Waals surface area (Å²) in [6.07, 6.45) is 3.23. The molecular weight excluding hydrogens is 250 g/mol. The molecule has 1 aromatic rings. The second-order valence-electron chi connectivity index (χ2n) is 4.30. The molecule has 0 saturated carbocycles. The number of hydrogen-bond donors (Lipinski definition) is 0. The molecule has 0 unspecified atom stereocenters. The van der Waals surface area contributed by atoms with Gasteiger partial charge in [-0.1, -0.05) is 18.2 Å². The van der Waals surface area contributed by atoms with E-state index in [1.165, 1.54) is 6.08 Å². The van der Waals surface area contributed by atoms with Crippen LogP contribution in [0.15, 0.2) is 36.9 Å². The minimum atomic E-state index is -0.0000528. The Morgan fingerprint density at radius 3 is 2.50 bits per heavy atom. The maximum absolute atomic E-state index is 11.4. The Balaban J connectivity index is 1.85. The Morgan fingerprint density at radius 1 is 1.33 bits per heavy atom. The molecule has 1 fully saturated rings. The number of carbonyl (C=O) groups is 1. The van der Waals surface area contributed by atoms with Crippen LogP contribution in [0.1, 0.15) is 12.8 Å². The van der Waals surface area contributed by atoms with Crippen molar-refractivity contribution >= 4 is 17.5 Å². The smallest absolute Gasteiger partial charge is 0.245 e. The van der Waals surface area contributed by atoms with Gasteiger partial charge in [0.1, 0.15) is 11.9 Å². The van der Waals surface area contributed by atoms with Gasteiger partial charge in [0.05, 0.1) is 0 Å². The summed E-state index contributed by atoms with van der Waals surface area (Å²) in [5.41, 5.74) is 0. The monoisotopic (exact) mass is 265 g/mol. The van der Waals surface area contributed by atoms with Crippen molar-refractivity contribution in [1.82, 2.24) is 4.90 Å². The normalized spacial score (nSPS) is 16.4. The van der Waals surface area contributed by atoms with Crippen molar-refractivity contribution in [1.29, 1.82) is 0 Å². The topological polar surface area (TPSA) is 29.5 Å². The predicted octanol–water partition coefficient (Wildman–Crippen LogP) is 2.90. The van der Waals surface area contributed by atoms with E-state index in [-0.39, 0.29) is 12.0 Å². The molecule has 0 bridgehead atoms. The molecule has 1 aromatic carbocycles. The third-order valence-corrected chi connectivity index (χ3v) is 3.30. The molecule has 1 amide bonds. The molecule has 18 heavy (non-hydrogen) atoms. The van der Waals surface area contributed by atoms with Gasteiger partial charge in [-0.2, -0.15) is 0 Å². The summed E-state index contributed by atoms with van der Waals surface area (Å²) >= 11 is 5.82. The Hall–Kier alpha value is -1.48. The molecule has 2 rings (SSSR count). The fourth-order valence-electron chi connectivity index (χ4n) is 2.03. The molecule has 4 heteroatoms. The zero-order chi connectivity index (χ0) is 13.0. The quantitative estimate of drug-likeness (QED) is 0.787. The summed E-state index contributed by atoms with van der Waals surface area (Å²) in [6, 6.07) is 7.35. The van der Waals surface area contributed by atoms with E-state index >= 15 is 0 Å². The lowest BCUT2D eigenvalue weighted by Crippen LogP contribution is -2.41. The van der Waals surface area contributed by atoms with Gasteiger partial charge < -0.3 is 9.64 Å². The first-order chi connectivity index (χ1) is 8.69. The second kappa shape index (κ2) is 5.91. The number of ether oxygens (including phenoxy) is 1. The van der Waals surface area contributed by atoms with Gasteiger partial charge >= 0.3 is 0 Å². The first kappa shape index (κ1) is 13.0. The first-order valence-corrected chi connectivity index (χ1v) is 6.40. The fourth-order valence-corrected chi connectivity index (χ4v) is 2.15. The van der Waals surface area contributed by atoms with Crippen LogP contribution in [0.2, 0.25) is 5.02 Å². The minimum Gasteiger partial charge on any atom is -0.490 e. The van der Waals surface area contributed by atoms with Crippen molar-refractivity contribution in [2.75, 3.05) is 13.1 Å². The van der Waals surface area contributed by atoms with Crippen molar-refractivity contribution in [3.8, 4) is 5.75 Å². The van der Waals surface area contributed by atoms with Gasteiger partial charge in [0.25, 0.3) is 0 Å². The molecule has 0 atom stereocenters. The Kier molecular flexibility index (Phi) is 4.26. The maximum Gasteiger partial charge on any atom is 0.245 e. The number of amides is 1. The van der Waals surface area contributed by atoms with Crippen molar-refractivity contribution in [2.45, 2.75) is 18.9 Å². The fraction of sp³-hybridized carbons (Fsp3) is 0.357. The van der Waals surface area contributed by atoms with Crippen LogP contribution in [-0.4, -0.2) is 30.0 Å². The standard InChI is InChI=1S/C14H16ClNO2/c1-2-14(17)16-9-7-13(8-10-16)18-12-5-3-11(15)4-6-12/h2-6,13H,1,7-10H2. The van der Waals surface area contributed by atoms with Crippen molar-refractivity contribution in [2.24, 2.45) is 0 Å². The van der Waals surface area contributed by atoms with Gasteiger partial charge in [0, 0.05) is 31.0 Å². The third kappa shape index (κ3) is 3.26. The highest BCUT2D eigenvalue weighted by Gasteiger charge is 2.22. The number of rotatable bonds is 3. The summed E-state index contributed by atoms with van der Waals surface area (Å²) < 4.78 is 5.85. The van der Waals surface area contributed by atoms with Crippen LogP contribution in [0.25, 0.3) is 0 Å². The number of nitrogens with zero attached hydrogens (tertiary/aromatic N) is 1. The SMILES string of the molecule is C=CC(=O)N1CCC(Oc2ccc(Cl)cc2)CC1. The van der Waals surface area contributed by atoms with E-state index in [1.807, 2.05) is 24.3 Å². The van der Waals surface area contributed by atoms with Crippen LogP contribution in [0.3, 0.4) is 0 Å². The molecule has 1 aliphatic rings. The van der Waals surface area contributed by atoms with Crippen molar-refractivity contribution in [3.05, 3.63) is 41.9 Å². The number of hydrogen-bond acceptors (Lipinski definition) is 2. The molecule has 1 heterocycles. The highest BCUT2D eigenvalue weighted by atomic mass is 35.5. The van der Waals surface area contributed by atoms with Gasteiger partial charge in [0.2, 0.25) is 5.91 Å². The molecular formula is C14H16ClNO2. The van der Waals surface area contributed by atoms with E-state index in [9.17, 15) is 4.79 Å². The number of piperidine rings is 1. The lowest BCUT2D eigenvalue weighted by molar-refractivity contribution is -0.127. The predicted molar refractivity (Wildman–Crippen MR) is 71.9 cm³/mol. The maximum atomic E-state index is 11.4. The van der Waals surface area contributed by atoms with Crippen LogP contribution in [0.4, 0.5) is 0 Å². The van der Waals surface area contributed by atoms with Gasteiger partial charge in [-0.25, -0.2) is 0 Å². The second-order valence-corrected chi connectivity index (χ2v) is 4.74. The lowest BCUT2D eigenvalue weighted by atomic mass is 10.1. The van der Waals surface area contributed by atoms with E-state index in [1.54, 1.807) is 4.90 Å². The molecule has 1 aliphatic heterocycles. The summed E-state index contributed by atoms with van der Waals surface area (Å²) in [4.78, 5) is 13.2. The molecule has 1 saturated heterocycles. The van der Waals surface area contributed by atoms with E-state index in [4.69, 9.17) is 16.3 Å². The summed E-state index contributed by atoms with van der Waals surface area (Å²) in [5, 5.41) is 0.703. The van der Waals surface area contributed by atoms with Gasteiger partial charge in [-0.3, -0.25) is 4.79 Å². The Morgan fingerprint density at radius 2 is 1.94 bits per heavy atom. The van der Waals surface area contributed by atoms with E-state index in [2.05, 4.69) is 6.58 Å². The molecule has 0 spiro atoms. The van der Waals surface area contributed by atoms with E-state index < -0.39 is 0 Å². The van der Waals surface area contributed by atoms with Crippen LogP contribution >= 0.6 is 11.6 Å². The molecule has 0 radical (unpaired) electrons. The van der Waals surface area contributed by atoms with E-state index in [0.29, 0.717) is 5.02 Å². The summed E-state index contributed by atoms with van der Waals surface area (Å²) in [5.74, 6) is 0.827. The average Bonchev–Trinajstić information content (AvgIpc) is 2.41. The van der Waals surface area contributed by atoms with Gasteiger partial charge in [-0.15, -0.1) is 0 Å². The van der Waals surface area contributed by atoms with Crippen LogP contribution < -0.4 is 4.74 Å². The van der Waals surface area contributed by atoms with Crippen LogP contribution in [0, 0.1) is 0 Å². The molecule has 0 aromatic heterocycles. The average molecular weight is 266 g/mol. The highest BCUT2D eigenvalue weighted by Crippen LogP contribution is 2.21. The van der Waals surface area contributed by atoms with E-state index in [0.717, 1.165) is 31.7 Å². The lowest BCUT2D eigenvalue weighted by Gasteiger charge is -2.31. The van der Waals surface area contributed by atoms with Gasteiger partial charge in [-0.05, 0) is 30.3 Å². The number of carbonyl (C=O) groups excluding carboxylic acids is 1. The number of benzene rings is 1. The van der Waals surface area contributed by atoms with Crippen LogP contribution in [-0.2, 0) is 4.79 Å². The third-order valence-electron chi connectivity index (χ3n) is 3.04. The van der Waals surface area contributed by atoms with Crippen molar-refractivity contribution in [3.63, 3.8) is 0 Å². The molecule has 0 aliphatic carbocycles. The molecule has 0 N–H and O–H groups in total.